The average Bonchev–Trinajstić information content (AvgIpc) is 1.69. The Labute approximate surface area is 869 Å². The van der Waals surface area contributed by atoms with Gasteiger partial charge in [0.1, 0.15) is 71.8 Å². The number of nitro groups is 1. The number of methoxy groups -OCH3 is 1. The zero-order valence-electron chi connectivity index (χ0n) is 72.9. The van der Waals surface area contributed by atoms with Crippen molar-refractivity contribution in [3.8, 4) is 18.2 Å². The number of nitriles is 3. The van der Waals surface area contributed by atoms with E-state index < -0.39 is 33.6 Å². The SMILES string of the molecule is CC(C)(C)OC(=O)N[C@H]1CCCN(c2nc3c(Cl)csc3c(=O)n2Cc2ccccc2C#N)C1.COC(=O)c1sccc1N.Clc1nc(Cl)c2scc(Cl)c2n1.N#Cc1ccccc1Cn1c(Cl)nc2c(Cl)csc2c1=O.N#Cc1ccccc1Cn1c(N2CCC[C@H](N)C2)nc2c(Cl)csc2c1=O.O=c1[nH]c(=O)c2scc([N+](=O)[O-])c2[nH]1.O=c1[nH]c(=O)c2sccc2[nH]1.O=c1[nH]c(Cl)nc2c(Cl)csc12. The number of aromatic nitrogens is 14. The number of amides is 1. The zero-order valence-corrected chi connectivity index (χ0v) is 86.2. The smallest absolute Gasteiger partial charge is 0.407 e. The van der Waals surface area contributed by atoms with Crippen LogP contribution in [-0.2, 0) is 29.1 Å². The fourth-order valence-electron chi connectivity index (χ4n) is 13.8. The highest BCUT2D eigenvalue weighted by Gasteiger charge is 2.31. The van der Waals surface area contributed by atoms with E-state index in [1.165, 1.54) is 96.4 Å². The first kappa shape index (κ1) is 106. The molecule has 0 radical (unpaired) electrons. The predicted octanol–water partition coefficient (Wildman–Crippen LogP) is 18.7. The Morgan fingerprint density at radius 3 is 1.45 bits per heavy atom. The van der Waals surface area contributed by atoms with Gasteiger partial charge in [-0.15, -0.1) is 90.7 Å². The maximum atomic E-state index is 13.5. The number of nitrogens with one attached hydrogen (secondary N) is 6. The number of halogens is 9. The van der Waals surface area contributed by atoms with E-state index >= 15 is 0 Å². The van der Waals surface area contributed by atoms with Gasteiger partial charge in [0, 0.05) is 65.2 Å². The minimum Gasteiger partial charge on any atom is -0.465 e. The van der Waals surface area contributed by atoms with Gasteiger partial charge < -0.3 is 46.0 Å². The second kappa shape index (κ2) is 47.5. The number of benzene rings is 3. The normalized spacial score (nSPS) is 13.2. The Hall–Kier alpha value is -12.4. The molecule has 0 aliphatic carbocycles. The lowest BCUT2D eigenvalue weighted by molar-refractivity contribution is -0.382. The molecule has 726 valence electrons. The van der Waals surface area contributed by atoms with Crippen LogP contribution in [0.3, 0.4) is 0 Å². The molecule has 2 saturated heterocycles. The van der Waals surface area contributed by atoms with Crippen LogP contribution in [0.15, 0.2) is 166 Å². The molecule has 1 amide bonds. The third-order valence-electron chi connectivity index (χ3n) is 20.1. The lowest BCUT2D eigenvalue weighted by Crippen LogP contribution is -2.50. The number of anilines is 3. The summed E-state index contributed by atoms with van der Waals surface area (Å²) in [5.74, 6) is 0.671. The summed E-state index contributed by atoms with van der Waals surface area (Å²) in [6.07, 6.45) is 3.03. The molecular formula is C87H68Cl9N23O14S8. The topological polar surface area (TPSA) is 545 Å². The number of alkyl carbamates (subject to hydrolysis) is 1. The molecule has 37 nitrogen and oxygen atoms in total. The Morgan fingerprint density at radius 2 is 0.957 bits per heavy atom. The number of fused-ring (bicyclic) bond motifs is 7. The van der Waals surface area contributed by atoms with Gasteiger partial charge in [0.25, 0.3) is 33.4 Å². The first-order valence-corrected chi connectivity index (χ1v) is 51.2. The molecule has 15 aromatic heterocycles. The van der Waals surface area contributed by atoms with Gasteiger partial charge in [0.15, 0.2) is 5.15 Å². The molecule has 20 rings (SSSR count). The van der Waals surface area contributed by atoms with E-state index in [4.69, 9.17) is 136 Å². The largest absolute Gasteiger partial charge is 0.465 e. The van der Waals surface area contributed by atoms with Crippen molar-refractivity contribution in [3.63, 3.8) is 0 Å². The van der Waals surface area contributed by atoms with Crippen LogP contribution in [0.4, 0.5) is 28.1 Å². The fraction of sp³-hybridized carbons (Fsp3) is 0.207. The number of aromatic amines is 5. The number of thiophene rings is 8. The number of rotatable bonds is 11. The van der Waals surface area contributed by atoms with E-state index in [2.05, 4.69) is 73.0 Å². The predicted molar refractivity (Wildman–Crippen MR) is 562 cm³/mol. The molecule has 0 saturated carbocycles. The highest BCUT2D eigenvalue weighted by Crippen LogP contribution is 2.37. The van der Waals surface area contributed by atoms with Crippen molar-refractivity contribution in [3.05, 3.63) is 306 Å². The third-order valence-corrected chi connectivity index (χ3v) is 30.8. The zero-order chi connectivity index (χ0) is 102. The van der Waals surface area contributed by atoms with Crippen LogP contribution in [0, 0.1) is 44.1 Å². The van der Waals surface area contributed by atoms with Crippen LogP contribution in [0.2, 0.25) is 46.1 Å². The summed E-state index contributed by atoms with van der Waals surface area (Å²) < 4.78 is 17.9. The molecule has 54 heteroatoms. The number of nitrogen functional groups attached to an aromatic ring is 1. The fourth-order valence-corrected chi connectivity index (χ4v) is 22.6. The van der Waals surface area contributed by atoms with E-state index in [0.29, 0.717) is 151 Å². The molecule has 10 N–H and O–H groups in total. The summed E-state index contributed by atoms with van der Waals surface area (Å²) in [7, 11) is 1.33. The molecule has 18 aromatic rings. The maximum Gasteiger partial charge on any atom is 0.407 e. The summed E-state index contributed by atoms with van der Waals surface area (Å²) in [5.41, 5.74) is 15.1. The molecule has 2 fully saturated rings. The van der Waals surface area contributed by atoms with Gasteiger partial charge in [-0.3, -0.25) is 67.5 Å². The van der Waals surface area contributed by atoms with Gasteiger partial charge in [-0.2, -0.15) is 15.8 Å². The average molecular weight is 2240 g/mol. The van der Waals surface area contributed by atoms with Crippen LogP contribution in [0.1, 0.15) is 89.5 Å². The standard InChI is InChI=1S/C24H26ClN5O3S.C19H18ClN5OS.C14H7Cl2N3OS.C6HCl3N2S.C6H2Cl2N2OS.C6H3N3O4S.C6H4N2O2S.C6H7NO2S/c1-24(2,3)33-23(32)27-17-9-6-10-29(13-17)22-28-19-18(25)14-34-20(19)21(31)30(22)12-16-8-5-4-7-15(16)11-26;20-15-11-27-17-16(15)23-19(24-7-3-6-14(22)10-24)25(18(17)26)9-13-5-2-1-4-12(13)8-21;15-10-7-21-12-11(10)18-14(16)19(13(12)20)6-9-4-2-1-3-8(9)5-17;7-2-1-12-4-3(2)10-6(9)11-5(4)8;7-2-1-12-4-3(2)9-6(8)10-5(4)11;10-5-4-3(7-6(11)8-5)2(1-14-4)9(12)13;9-5-4-3(1-2-11-4)7-6(10)8-5;1-9-6(8)5-4(7)2-3-10-5/h4-5,7-8,14,17H,6,9-10,12-13H2,1-3H3,(H,27,32);1-2,4-5,11,14H,3,6-7,9-10,22H2;1-4,7H,6H2;1H;1H,(H,9,10,11);1H,(H2,7,8,10,11);1-2H,(H2,7,8,9,10);2-3H,7H2,1H3/t17-;14-;;;;;;/m00....../s1. The molecule has 17 heterocycles. The summed E-state index contributed by atoms with van der Waals surface area (Å²) in [5, 5.41) is 57.6. The second-order valence-corrected chi connectivity index (χ2v) is 41.2. The summed E-state index contributed by atoms with van der Waals surface area (Å²) in [4.78, 5) is 168. The van der Waals surface area contributed by atoms with Gasteiger partial charge >= 0.3 is 29.1 Å². The third kappa shape index (κ3) is 25.8. The quantitative estimate of drug-likeness (QED) is 0.0196. The van der Waals surface area contributed by atoms with Crippen molar-refractivity contribution < 1.29 is 24.0 Å². The van der Waals surface area contributed by atoms with Crippen molar-refractivity contribution in [1.29, 1.82) is 15.8 Å². The molecule has 2 aliphatic heterocycles. The number of esters is 1. The van der Waals surface area contributed by atoms with Crippen LogP contribution >= 0.6 is 195 Å². The van der Waals surface area contributed by atoms with Crippen molar-refractivity contribution in [2.24, 2.45) is 5.73 Å². The Balaban J connectivity index is 0.000000141. The van der Waals surface area contributed by atoms with E-state index in [9.17, 15) is 68.6 Å². The van der Waals surface area contributed by atoms with Gasteiger partial charge in [0.05, 0.1) is 113 Å². The summed E-state index contributed by atoms with van der Waals surface area (Å²) in [6, 6.07) is 31.3. The number of H-pyrrole nitrogens is 5. The van der Waals surface area contributed by atoms with Crippen molar-refractivity contribution in [2.45, 2.75) is 83.8 Å². The molecule has 0 bridgehead atoms. The number of hydrogen-bond acceptors (Lipinski definition) is 35. The number of hydrogen-bond donors (Lipinski definition) is 8. The van der Waals surface area contributed by atoms with Crippen LogP contribution in [0.25, 0.3) is 71.5 Å². The number of carbonyl (C=O) groups excluding carboxylic acids is 2. The van der Waals surface area contributed by atoms with Crippen LogP contribution in [0.5, 0.6) is 0 Å². The van der Waals surface area contributed by atoms with Crippen LogP contribution in [-0.4, -0.2) is 136 Å². The first-order valence-electron chi connectivity index (χ1n) is 40.8. The summed E-state index contributed by atoms with van der Waals surface area (Å²) in [6.45, 7) is 8.71. The molecule has 2 aliphatic rings. The molecule has 2 atom stereocenters. The Morgan fingerprint density at radius 1 is 0.518 bits per heavy atom. The number of carbonyl (C=O) groups is 2. The summed E-state index contributed by atoms with van der Waals surface area (Å²) >= 11 is 63.1. The van der Waals surface area contributed by atoms with Crippen molar-refractivity contribution in [1.82, 2.24) is 73.8 Å². The molecule has 0 spiro atoms. The molecule has 3 aromatic carbocycles. The number of piperidine rings is 2. The minimum atomic E-state index is -0.746. The molecular weight excluding hydrogens is 2170 g/mol. The van der Waals surface area contributed by atoms with Crippen molar-refractivity contribution >= 4 is 302 Å². The highest BCUT2D eigenvalue weighted by atomic mass is 35.5. The second-order valence-electron chi connectivity index (χ2n) is 30.7. The molecule has 0 unspecified atom stereocenters. The van der Waals surface area contributed by atoms with Gasteiger partial charge in [-0.25, -0.2) is 49.1 Å². The van der Waals surface area contributed by atoms with Crippen molar-refractivity contribution in [2.75, 3.05) is 48.8 Å². The monoisotopic (exact) mass is 2230 g/mol. The van der Waals surface area contributed by atoms with Gasteiger partial charge in [0.2, 0.25) is 27.7 Å². The Bertz CT molecular complexity index is 8460. The highest BCUT2D eigenvalue weighted by molar-refractivity contribution is 7.20. The lowest BCUT2D eigenvalue weighted by Gasteiger charge is -2.35. The van der Waals surface area contributed by atoms with E-state index in [1.807, 2.05) is 67.1 Å². The van der Waals surface area contributed by atoms with E-state index in [1.54, 1.807) is 95.3 Å². The lowest BCUT2D eigenvalue weighted by atomic mass is 10.1. The Kier molecular flexibility index (Phi) is 35.7. The molecule has 141 heavy (non-hydrogen) atoms. The number of ether oxygens (including phenoxy) is 2. The van der Waals surface area contributed by atoms with E-state index in [0.717, 1.165) is 59.4 Å². The van der Waals surface area contributed by atoms with Crippen LogP contribution < -0.4 is 71.3 Å². The maximum absolute atomic E-state index is 13.5. The van der Waals surface area contributed by atoms with Gasteiger partial charge in [-0.1, -0.05) is 124 Å². The number of nitrogens with two attached hydrogens (primary N) is 2. The number of nitrogens with zero attached hydrogens (tertiary/aromatic N) is 15. The minimum absolute atomic E-state index is 0.0197. The van der Waals surface area contributed by atoms with Gasteiger partial charge in [-0.05, 0) is 139 Å². The van der Waals surface area contributed by atoms with E-state index in [-0.39, 0.29) is 97.2 Å². The first-order chi connectivity index (χ1) is 67.3.